The third-order valence-electron chi connectivity index (χ3n) is 3.15. The molecule has 0 aliphatic carbocycles. The minimum absolute atomic E-state index is 0.0552. The van der Waals surface area contributed by atoms with Crippen LogP contribution in [-0.2, 0) is 9.53 Å². The largest absolute Gasteiger partial charge is 0.364 e. The molecule has 3 unspecified atom stereocenters. The zero-order valence-corrected chi connectivity index (χ0v) is 8.17. The van der Waals surface area contributed by atoms with E-state index < -0.39 is 0 Å². The third-order valence-corrected chi connectivity index (χ3v) is 3.15. The highest BCUT2D eigenvalue weighted by atomic mass is 16.5. The topological polar surface area (TPSA) is 26.3 Å². The quantitative estimate of drug-likeness (QED) is 0.607. The van der Waals surface area contributed by atoms with Crippen molar-refractivity contribution < 1.29 is 9.53 Å². The Hall–Kier alpha value is -0.370. The van der Waals surface area contributed by atoms with Gasteiger partial charge in [0, 0.05) is 0 Å². The third kappa shape index (κ3) is 1.69. The van der Waals surface area contributed by atoms with Gasteiger partial charge in [0.1, 0.15) is 12.4 Å². The highest BCUT2D eigenvalue weighted by Gasteiger charge is 2.39. The van der Waals surface area contributed by atoms with Gasteiger partial charge in [-0.3, -0.25) is 0 Å². The molecule has 1 fully saturated rings. The molecule has 0 aromatic heterocycles. The smallest absolute Gasteiger partial charge is 0.148 e. The summed E-state index contributed by atoms with van der Waals surface area (Å²) in [5.41, 5.74) is -0.0552. The number of hydrogen-bond donors (Lipinski definition) is 0. The van der Waals surface area contributed by atoms with Crippen molar-refractivity contribution in [2.45, 2.75) is 51.7 Å². The van der Waals surface area contributed by atoms with Gasteiger partial charge in [-0.2, -0.15) is 0 Å². The van der Waals surface area contributed by atoms with Crippen LogP contribution in [0.15, 0.2) is 0 Å². The zero-order valence-electron chi connectivity index (χ0n) is 8.17. The predicted octanol–water partition coefficient (Wildman–Crippen LogP) is 2.17. The SMILES string of the molecule is CCC(C)C1(C)CCC(C=O)O1. The average Bonchev–Trinajstić information content (AvgIpc) is 2.47. The van der Waals surface area contributed by atoms with E-state index >= 15 is 0 Å². The summed E-state index contributed by atoms with van der Waals surface area (Å²) < 4.78 is 5.68. The van der Waals surface area contributed by atoms with E-state index in [1.807, 2.05) is 0 Å². The molecule has 12 heavy (non-hydrogen) atoms. The normalized spacial score (nSPS) is 38.1. The van der Waals surface area contributed by atoms with E-state index in [4.69, 9.17) is 4.74 Å². The van der Waals surface area contributed by atoms with Gasteiger partial charge in [-0.1, -0.05) is 20.3 Å². The lowest BCUT2D eigenvalue weighted by molar-refractivity contribution is -0.125. The summed E-state index contributed by atoms with van der Waals surface area (Å²) >= 11 is 0. The van der Waals surface area contributed by atoms with E-state index in [9.17, 15) is 4.79 Å². The number of carbonyl (C=O) groups excluding carboxylic acids is 1. The maximum absolute atomic E-state index is 10.5. The first-order chi connectivity index (χ1) is 5.62. The lowest BCUT2D eigenvalue weighted by Crippen LogP contribution is -2.33. The number of ether oxygens (including phenoxy) is 1. The molecule has 0 aromatic carbocycles. The molecule has 0 N–H and O–H groups in total. The fourth-order valence-electron chi connectivity index (χ4n) is 1.78. The summed E-state index contributed by atoms with van der Waals surface area (Å²) in [7, 11) is 0. The second kappa shape index (κ2) is 3.56. The Labute approximate surface area is 74.3 Å². The zero-order chi connectivity index (χ0) is 9.19. The van der Waals surface area contributed by atoms with Crippen LogP contribution in [-0.4, -0.2) is 18.0 Å². The number of aldehydes is 1. The fraction of sp³-hybridized carbons (Fsp3) is 0.900. The molecule has 1 saturated heterocycles. The van der Waals surface area contributed by atoms with Gasteiger partial charge in [0.25, 0.3) is 0 Å². The Balaban J connectivity index is 2.57. The summed E-state index contributed by atoms with van der Waals surface area (Å²) in [6, 6.07) is 0. The van der Waals surface area contributed by atoms with Gasteiger partial charge in [0.2, 0.25) is 0 Å². The van der Waals surface area contributed by atoms with Crippen LogP contribution >= 0.6 is 0 Å². The first-order valence-corrected chi connectivity index (χ1v) is 4.75. The van der Waals surface area contributed by atoms with Crippen LogP contribution in [0.25, 0.3) is 0 Å². The number of rotatable bonds is 3. The predicted molar refractivity (Wildman–Crippen MR) is 48.0 cm³/mol. The Morgan fingerprint density at radius 1 is 1.75 bits per heavy atom. The van der Waals surface area contributed by atoms with Crippen molar-refractivity contribution in [3.63, 3.8) is 0 Å². The molecule has 0 spiro atoms. The van der Waals surface area contributed by atoms with Gasteiger partial charge in [0.05, 0.1) is 5.60 Å². The Kier molecular flexibility index (Phi) is 2.89. The van der Waals surface area contributed by atoms with Crippen molar-refractivity contribution >= 4 is 6.29 Å². The Bertz CT molecular complexity index is 167. The monoisotopic (exact) mass is 170 g/mol. The maximum atomic E-state index is 10.5. The first-order valence-electron chi connectivity index (χ1n) is 4.75. The van der Waals surface area contributed by atoms with Crippen molar-refractivity contribution in [3.05, 3.63) is 0 Å². The molecule has 70 valence electrons. The van der Waals surface area contributed by atoms with Crippen LogP contribution in [0.4, 0.5) is 0 Å². The summed E-state index contributed by atoms with van der Waals surface area (Å²) in [5.74, 6) is 0.544. The molecule has 0 saturated carbocycles. The average molecular weight is 170 g/mol. The van der Waals surface area contributed by atoms with Crippen molar-refractivity contribution in [1.82, 2.24) is 0 Å². The maximum Gasteiger partial charge on any atom is 0.148 e. The second-order valence-corrected chi connectivity index (χ2v) is 3.95. The minimum Gasteiger partial charge on any atom is -0.364 e. The number of carbonyl (C=O) groups is 1. The van der Waals surface area contributed by atoms with E-state index in [1.54, 1.807) is 0 Å². The highest BCUT2D eigenvalue weighted by molar-refractivity contribution is 5.56. The molecule has 0 amide bonds. The van der Waals surface area contributed by atoms with Gasteiger partial charge >= 0.3 is 0 Å². The molecule has 1 aliphatic heterocycles. The molecule has 1 rings (SSSR count). The molecule has 0 radical (unpaired) electrons. The van der Waals surface area contributed by atoms with Crippen LogP contribution in [0, 0.1) is 5.92 Å². The molecule has 0 bridgehead atoms. The van der Waals surface area contributed by atoms with Crippen LogP contribution in [0.2, 0.25) is 0 Å². The Morgan fingerprint density at radius 2 is 2.42 bits per heavy atom. The molecule has 2 heteroatoms. The van der Waals surface area contributed by atoms with Gasteiger partial charge in [-0.25, -0.2) is 0 Å². The van der Waals surface area contributed by atoms with Gasteiger partial charge in [-0.05, 0) is 25.7 Å². The summed E-state index contributed by atoms with van der Waals surface area (Å²) in [5, 5.41) is 0. The van der Waals surface area contributed by atoms with E-state index in [0.29, 0.717) is 5.92 Å². The fourth-order valence-corrected chi connectivity index (χ4v) is 1.78. The molecule has 2 nitrogen and oxygen atoms in total. The van der Waals surface area contributed by atoms with Gasteiger partial charge in [0.15, 0.2) is 0 Å². The molecular weight excluding hydrogens is 152 g/mol. The van der Waals surface area contributed by atoms with E-state index in [0.717, 1.165) is 25.5 Å². The van der Waals surface area contributed by atoms with Crippen LogP contribution in [0.1, 0.15) is 40.0 Å². The molecule has 0 aromatic rings. The first kappa shape index (κ1) is 9.72. The summed E-state index contributed by atoms with van der Waals surface area (Å²) in [6.45, 7) is 6.46. The van der Waals surface area contributed by atoms with Crippen molar-refractivity contribution in [1.29, 1.82) is 0 Å². The van der Waals surface area contributed by atoms with Crippen LogP contribution in [0.3, 0.4) is 0 Å². The Morgan fingerprint density at radius 3 is 2.83 bits per heavy atom. The van der Waals surface area contributed by atoms with Gasteiger partial charge < -0.3 is 9.53 Å². The van der Waals surface area contributed by atoms with E-state index in [2.05, 4.69) is 20.8 Å². The van der Waals surface area contributed by atoms with E-state index in [1.165, 1.54) is 0 Å². The molecule has 3 atom stereocenters. The van der Waals surface area contributed by atoms with Crippen LogP contribution < -0.4 is 0 Å². The van der Waals surface area contributed by atoms with Crippen molar-refractivity contribution in [3.8, 4) is 0 Å². The van der Waals surface area contributed by atoms with E-state index in [-0.39, 0.29) is 11.7 Å². The lowest BCUT2D eigenvalue weighted by Gasteiger charge is -2.30. The van der Waals surface area contributed by atoms with Crippen molar-refractivity contribution in [2.75, 3.05) is 0 Å². The molecule has 1 heterocycles. The van der Waals surface area contributed by atoms with Crippen molar-refractivity contribution in [2.24, 2.45) is 5.92 Å². The summed E-state index contributed by atoms with van der Waals surface area (Å²) in [6.07, 6.45) is 3.80. The second-order valence-electron chi connectivity index (χ2n) is 3.95. The van der Waals surface area contributed by atoms with Gasteiger partial charge in [-0.15, -0.1) is 0 Å². The number of hydrogen-bond acceptors (Lipinski definition) is 2. The standard InChI is InChI=1S/C10H18O2/c1-4-8(2)10(3)6-5-9(7-11)12-10/h7-9H,4-6H2,1-3H3. The lowest BCUT2D eigenvalue weighted by atomic mass is 9.86. The van der Waals surface area contributed by atoms with Crippen LogP contribution in [0.5, 0.6) is 0 Å². The molecule has 1 aliphatic rings. The highest BCUT2D eigenvalue weighted by Crippen LogP contribution is 2.36. The minimum atomic E-state index is -0.149. The summed E-state index contributed by atoms with van der Waals surface area (Å²) in [4.78, 5) is 10.5. The molecular formula is C10H18O2.